The van der Waals surface area contributed by atoms with Crippen molar-refractivity contribution in [2.24, 2.45) is 0 Å². The van der Waals surface area contributed by atoms with Crippen molar-refractivity contribution in [2.75, 3.05) is 0 Å². The van der Waals surface area contributed by atoms with E-state index in [4.69, 9.17) is 0 Å². The van der Waals surface area contributed by atoms with E-state index in [0.29, 0.717) is 21.8 Å². The molecular formula is C23H17N3O3S. The van der Waals surface area contributed by atoms with Gasteiger partial charge in [-0.15, -0.1) is 0 Å². The fourth-order valence-electron chi connectivity index (χ4n) is 3.04. The van der Waals surface area contributed by atoms with Crippen molar-refractivity contribution in [3.63, 3.8) is 0 Å². The van der Waals surface area contributed by atoms with E-state index >= 15 is 0 Å². The second-order valence-corrected chi connectivity index (χ2v) is 7.79. The minimum atomic E-state index is -0.394. The summed E-state index contributed by atoms with van der Waals surface area (Å²) < 4.78 is 1.53. The van der Waals surface area contributed by atoms with Gasteiger partial charge in [-0.25, -0.2) is 4.68 Å². The standard InChI is InChI=1S/C23H17N3O3S/c1-16-7-10-20(11-8-16)30-23-12-9-17(13-22(23)26(28)29)21-14-19(15-27)25(24-21)18-5-3-2-4-6-18/h2-15H,1H3. The molecule has 0 N–H and O–H groups in total. The van der Waals surface area contributed by atoms with Crippen molar-refractivity contribution in [1.82, 2.24) is 9.78 Å². The third-order valence-corrected chi connectivity index (χ3v) is 5.63. The first kappa shape index (κ1) is 19.6. The Hall–Kier alpha value is -3.71. The van der Waals surface area contributed by atoms with E-state index in [0.717, 1.165) is 22.4 Å². The van der Waals surface area contributed by atoms with Crippen LogP contribution in [0.2, 0.25) is 0 Å². The number of para-hydroxylation sites is 1. The van der Waals surface area contributed by atoms with Gasteiger partial charge in [-0.3, -0.25) is 14.9 Å². The number of hydrogen-bond acceptors (Lipinski definition) is 5. The van der Waals surface area contributed by atoms with Crippen LogP contribution in [0.3, 0.4) is 0 Å². The lowest BCUT2D eigenvalue weighted by Crippen LogP contribution is -2.00. The van der Waals surface area contributed by atoms with Crippen LogP contribution in [0, 0.1) is 17.0 Å². The number of nitro benzene ring substituents is 1. The molecule has 0 saturated heterocycles. The number of rotatable bonds is 6. The smallest absolute Gasteiger partial charge is 0.283 e. The maximum Gasteiger partial charge on any atom is 0.283 e. The highest BCUT2D eigenvalue weighted by molar-refractivity contribution is 7.99. The number of carbonyl (C=O) groups is 1. The summed E-state index contributed by atoms with van der Waals surface area (Å²) in [7, 11) is 0. The summed E-state index contributed by atoms with van der Waals surface area (Å²) in [6, 6.07) is 23.7. The summed E-state index contributed by atoms with van der Waals surface area (Å²) in [5.74, 6) is 0. The van der Waals surface area contributed by atoms with Crippen molar-refractivity contribution >= 4 is 23.7 Å². The first-order chi connectivity index (χ1) is 14.5. The molecular weight excluding hydrogens is 398 g/mol. The molecule has 1 heterocycles. The lowest BCUT2D eigenvalue weighted by atomic mass is 10.1. The Bertz CT molecular complexity index is 1220. The molecule has 30 heavy (non-hydrogen) atoms. The molecule has 0 saturated carbocycles. The van der Waals surface area contributed by atoms with Gasteiger partial charge in [-0.05, 0) is 43.3 Å². The van der Waals surface area contributed by atoms with Crippen LogP contribution in [0.4, 0.5) is 5.69 Å². The maximum atomic E-state index is 11.7. The van der Waals surface area contributed by atoms with Crippen molar-refractivity contribution in [1.29, 1.82) is 0 Å². The van der Waals surface area contributed by atoms with Crippen LogP contribution in [0.1, 0.15) is 16.1 Å². The topological polar surface area (TPSA) is 78.0 Å². The lowest BCUT2D eigenvalue weighted by Gasteiger charge is -2.06. The number of aryl methyl sites for hydroxylation is 1. The zero-order valence-electron chi connectivity index (χ0n) is 16.1. The summed E-state index contributed by atoms with van der Waals surface area (Å²) >= 11 is 1.34. The molecule has 0 amide bonds. The highest BCUT2D eigenvalue weighted by Crippen LogP contribution is 2.37. The average molecular weight is 415 g/mol. The fourth-order valence-corrected chi connectivity index (χ4v) is 3.94. The zero-order chi connectivity index (χ0) is 21.1. The molecule has 0 aliphatic carbocycles. The highest BCUT2D eigenvalue weighted by Gasteiger charge is 2.19. The molecule has 6 nitrogen and oxygen atoms in total. The molecule has 0 fully saturated rings. The number of aromatic nitrogens is 2. The van der Waals surface area contributed by atoms with Crippen molar-refractivity contribution < 1.29 is 9.72 Å². The maximum absolute atomic E-state index is 11.7. The van der Waals surface area contributed by atoms with E-state index in [2.05, 4.69) is 5.10 Å². The molecule has 0 bridgehead atoms. The van der Waals surface area contributed by atoms with Crippen molar-refractivity contribution in [3.8, 4) is 16.9 Å². The number of aldehydes is 1. The van der Waals surface area contributed by atoms with Crippen LogP contribution in [0.25, 0.3) is 16.9 Å². The van der Waals surface area contributed by atoms with Gasteiger partial charge >= 0.3 is 0 Å². The molecule has 0 atom stereocenters. The van der Waals surface area contributed by atoms with Crippen LogP contribution >= 0.6 is 11.8 Å². The Morgan fingerprint density at radius 3 is 2.40 bits per heavy atom. The normalized spacial score (nSPS) is 10.7. The van der Waals surface area contributed by atoms with Gasteiger partial charge < -0.3 is 0 Å². The average Bonchev–Trinajstić information content (AvgIpc) is 3.20. The monoisotopic (exact) mass is 415 g/mol. The predicted octanol–water partition coefficient (Wildman–Crippen LogP) is 5.72. The number of nitrogens with zero attached hydrogens (tertiary/aromatic N) is 3. The summed E-state index contributed by atoms with van der Waals surface area (Å²) in [4.78, 5) is 24.3. The summed E-state index contributed by atoms with van der Waals surface area (Å²) in [6.07, 6.45) is 0.722. The summed E-state index contributed by atoms with van der Waals surface area (Å²) in [5, 5.41) is 16.2. The van der Waals surface area contributed by atoms with Gasteiger partial charge in [0.05, 0.1) is 21.2 Å². The van der Waals surface area contributed by atoms with E-state index in [9.17, 15) is 14.9 Å². The van der Waals surface area contributed by atoms with E-state index in [1.54, 1.807) is 18.2 Å². The molecule has 3 aromatic carbocycles. The van der Waals surface area contributed by atoms with Crippen LogP contribution in [0.15, 0.2) is 88.7 Å². The van der Waals surface area contributed by atoms with E-state index in [-0.39, 0.29) is 5.69 Å². The Morgan fingerprint density at radius 2 is 1.73 bits per heavy atom. The predicted molar refractivity (Wildman–Crippen MR) is 116 cm³/mol. The summed E-state index contributed by atoms with van der Waals surface area (Å²) in [6.45, 7) is 1.99. The Balaban J connectivity index is 1.73. The van der Waals surface area contributed by atoms with Crippen molar-refractivity contribution in [2.45, 2.75) is 16.7 Å². The van der Waals surface area contributed by atoms with Crippen LogP contribution in [-0.2, 0) is 0 Å². The number of benzene rings is 3. The summed E-state index contributed by atoms with van der Waals surface area (Å²) in [5.41, 5.74) is 3.32. The molecule has 7 heteroatoms. The molecule has 0 spiro atoms. The Kier molecular flexibility index (Phi) is 5.45. The van der Waals surface area contributed by atoms with Gasteiger partial charge in [0.2, 0.25) is 0 Å². The lowest BCUT2D eigenvalue weighted by molar-refractivity contribution is -0.387. The Morgan fingerprint density at radius 1 is 1.00 bits per heavy atom. The third-order valence-electron chi connectivity index (χ3n) is 4.56. The largest absolute Gasteiger partial charge is 0.296 e. The first-order valence-corrected chi connectivity index (χ1v) is 10.0. The third kappa shape index (κ3) is 4.01. The molecule has 0 radical (unpaired) electrons. The first-order valence-electron chi connectivity index (χ1n) is 9.19. The van der Waals surface area contributed by atoms with Gasteiger partial charge in [0.15, 0.2) is 6.29 Å². The quantitative estimate of drug-likeness (QED) is 0.229. The van der Waals surface area contributed by atoms with E-state index < -0.39 is 4.92 Å². The molecule has 0 aliphatic heterocycles. The van der Waals surface area contributed by atoms with E-state index in [1.165, 1.54) is 22.5 Å². The second-order valence-electron chi connectivity index (χ2n) is 6.67. The fraction of sp³-hybridized carbons (Fsp3) is 0.0435. The van der Waals surface area contributed by atoms with Crippen LogP contribution in [0.5, 0.6) is 0 Å². The molecule has 4 rings (SSSR count). The van der Waals surface area contributed by atoms with Gasteiger partial charge in [-0.2, -0.15) is 5.10 Å². The number of carbonyl (C=O) groups excluding carboxylic acids is 1. The van der Waals surface area contributed by atoms with Gasteiger partial charge in [0, 0.05) is 16.5 Å². The molecule has 0 aliphatic rings. The van der Waals surface area contributed by atoms with Gasteiger partial charge in [0.1, 0.15) is 5.69 Å². The number of hydrogen-bond donors (Lipinski definition) is 0. The minimum absolute atomic E-state index is 0.0000100. The van der Waals surface area contributed by atoms with Crippen LogP contribution < -0.4 is 0 Å². The highest BCUT2D eigenvalue weighted by atomic mass is 32.2. The Labute approximate surface area is 177 Å². The van der Waals surface area contributed by atoms with Gasteiger partial charge in [-0.1, -0.05) is 53.7 Å². The second kappa shape index (κ2) is 8.34. The van der Waals surface area contributed by atoms with E-state index in [1.807, 2.05) is 61.5 Å². The molecule has 1 aromatic heterocycles. The van der Waals surface area contributed by atoms with Gasteiger partial charge in [0.25, 0.3) is 5.69 Å². The zero-order valence-corrected chi connectivity index (χ0v) is 16.9. The van der Waals surface area contributed by atoms with Crippen molar-refractivity contribution in [3.05, 3.63) is 100 Å². The minimum Gasteiger partial charge on any atom is -0.296 e. The van der Waals surface area contributed by atoms with Crippen LogP contribution in [-0.4, -0.2) is 21.0 Å². The molecule has 4 aromatic rings. The number of nitro groups is 1. The SMILES string of the molecule is Cc1ccc(Sc2ccc(-c3cc(C=O)n(-c4ccccc4)n3)cc2[N+](=O)[O-])cc1. The molecule has 148 valence electrons. The molecule has 0 unspecified atom stereocenters.